The van der Waals surface area contributed by atoms with Gasteiger partial charge in [-0.15, -0.1) is 0 Å². The van der Waals surface area contributed by atoms with Gasteiger partial charge in [0.05, 0.1) is 13.5 Å². The topological polar surface area (TPSA) is 89.4 Å². The molecule has 2 aromatic rings. The predicted molar refractivity (Wildman–Crippen MR) is 83.7 cm³/mol. The molecule has 0 aliphatic heterocycles. The molecule has 0 aliphatic rings. The Kier molecular flexibility index (Phi) is 5.51. The summed E-state index contributed by atoms with van der Waals surface area (Å²) in [5.41, 5.74) is 5.10. The lowest BCUT2D eigenvalue weighted by Gasteiger charge is -2.09. The SMILES string of the molecule is COc1ccc(CC(=O)NNC(=O)Cn2ccccc2=O)cc1. The Labute approximate surface area is 132 Å². The molecule has 1 heterocycles. The normalized spacial score (nSPS) is 9.96. The first kappa shape index (κ1) is 16.3. The first-order chi connectivity index (χ1) is 11.1. The van der Waals surface area contributed by atoms with Crippen molar-refractivity contribution in [1.29, 1.82) is 0 Å². The van der Waals surface area contributed by atoms with Crippen LogP contribution in [-0.2, 0) is 22.6 Å². The minimum absolute atomic E-state index is 0.121. The molecule has 0 radical (unpaired) electrons. The molecule has 23 heavy (non-hydrogen) atoms. The standard InChI is InChI=1S/C16H17N3O4/c1-23-13-7-5-12(6-8-13)10-14(20)17-18-15(21)11-19-9-3-2-4-16(19)22/h2-9H,10-11H2,1H3,(H,17,20)(H,18,21). The molecule has 2 N–H and O–H groups in total. The van der Waals surface area contributed by atoms with Crippen LogP contribution in [-0.4, -0.2) is 23.5 Å². The Morgan fingerprint density at radius 1 is 1.04 bits per heavy atom. The highest BCUT2D eigenvalue weighted by Gasteiger charge is 2.07. The van der Waals surface area contributed by atoms with Gasteiger partial charge in [0.1, 0.15) is 12.3 Å². The molecule has 0 fully saturated rings. The Balaban J connectivity index is 1.80. The van der Waals surface area contributed by atoms with Gasteiger partial charge >= 0.3 is 0 Å². The summed E-state index contributed by atoms with van der Waals surface area (Å²) in [4.78, 5) is 34.9. The molecule has 0 saturated carbocycles. The number of benzene rings is 1. The van der Waals surface area contributed by atoms with E-state index in [0.29, 0.717) is 5.75 Å². The minimum Gasteiger partial charge on any atom is -0.497 e. The molecule has 0 saturated heterocycles. The monoisotopic (exact) mass is 315 g/mol. The van der Waals surface area contributed by atoms with Crippen LogP contribution in [0.3, 0.4) is 0 Å². The average Bonchev–Trinajstić information content (AvgIpc) is 2.56. The van der Waals surface area contributed by atoms with Crippen LogP contribution in [0, 0.1) is 0 Å². The second-order valence-electron chi connectivity index (χ2n) is 4.79. The molecular formula is C16H17N3O4. The lowest BCUT2D eigenvalue weighted by Crippen LogP contribution is -2.44. The van der Waals surface area contributed by atoms with Gasteiger partial charge < -0.3 is 9.30 Å². The number of nitrogens with zero attached hydrogens (tertiary/aromatic N) is 1. The van der Waals surface area contributed by atoms with Crippen molar-refractivity contribution in [2.45, 2.75) is 13.0 Å². The number of hydrazine groups is 1. The van der Waals surface area contributed by atoms with E-state index < -0.39 is 5.91 Å². The van der Waals surface area contributed by atoms with E-state index in [0.717, 1.165) is 5.56 Å². The molecule has 120 valence electrons. The van der Waals surface area contributed by atoms with Crippen LogP contribution in [0.25, 0.3) is 0 Å². The van der Waals surface area contributed by atoms with Gasteiger partial charge in [0, 0.05) is 12.3 Å². The highest BCUT2D eigenvalue weighted by molar-refractivity contribution is 5.83. The molecule has 0 spiro atoms. The van der Waals surface area contributed by atoms with E-state index in [9.17, 15) is 14.4 Å². The molecule has 0 unspecified atom stereocenters. The number of methoxy groups -OCH3 is 1. The second-order valence-corrected chi connectivity index (χ2v) is 4.79. The largest absolute Gasteiger partial charge is 0.497 e. The second kappa shape index (κ2) is 7.79. The van der Waals surface area contributed by atoms with E-state index in [1.54, 1.807) is 43.5 Å². The van der Waals surface area contributed by atoms with Gasteiger partial charge in [0.15, 0.2) is 0 Å². The van der Waals surface area contributed by atoms with E-state index in [-0.39, 0.29) is 24.4 Å². The molecule has 0 atom stereocenters. The smallest absolute Gasteiger partial charge is 0.258 e. The maximum absolute atomic E-state index is 11.8. The fourth-order valence-corrected chi connectivity index (χ4v) is 1.90. The number of nitrogens with one attached hydrogen (secondary N) is 2. The van der Waals surface area contributed by atoms with E-state index in [2.05, 4.69) is 10.9 Å². The Bertz CT molecular complexity index is 737. The van der Waals surface area contributed by atoms with E-state index in [1.807, 2.05) is 0 Å². The summed E-state index contributed by atoms with van der Waals surface area (Å²) >= 11 is 0. The molecule has 0 aliphatic carbocycles. The molecule has 7 nitrogen and oxygen atoms in total. The summed E-state index contributed by atoms with van der Waals surface area (Å²) < 4.78 is 6.27. The Morgan fingerprint density at radius 2 is 1.74 bits per heavy atom. The third-order valence-corrected chi connectivity index (χ3v) is 3.08. The zero-order valence-corrected chi connectivity index (χ0v) is 12.6. The fourth-order valence-electron chi connectivity index (χ4n) is 1.90. The van der Waals surface area contributed by atoms with E-state index in [4.69, 9.17) is 4.74 Å². The third-order valence-electron chi connectivity index (χ3n) is 3.08. The Hall–Kier alpha value is -3.09. The van der Waals surface area contributed by atoms with Crippen molar-refractivity contribution < 1.29 is 14.3 Å². The Morgan fingerprint density at radius 3 is 2.39 bits per heavy atom. The number of hydrogen-bond acceptors (Lipinski definition) is 4. The number of carbonyl (C=O) groups is 2. The first-order valence-corrected chi connectivity index (χ1v) is 6.94. The van der Waals surface area contributed by atoms with E-state index in [1.165, 1.54) is 16.8 Å². The van der Waals surface area contributed by atoms with Crippen molar-refractivity contribution in [2.75, 3.05) is 7.11 Å². The molecule has 7 heteroatoms. The van der Waals surface area contributed by atoms with Gasteiger partial charge in [-0.05, 0) is 23.8 Å². The number of hydrogen-bond donors (Lipinski definition) is 2. The third kappa shape index (κ3) is 4.99. The summed E-state index contributed by atoms with van der Waals surface area (Å²) in [6.45, 7) is -0.164. The molecule has 0 bridgehead atoms. The first-order valence-electron chi connectivity index (χ1n) is 6.94. The van der Waals surface area contributed by atoms with Gasteiger partial charge in [-0.1, -0.05) is 18.2 Å². The van der Waals surface area contributed by atoms with Crippen LogP contribution >= 0.6 is 0 Å². The van der Waals surface area contributed by atoms with E-state index >= 15 is 0 Å². The maximum atomic E-state index is 11.8. The van der Waals surface area contributed by atoms with Crippen molar-refractivity contribution in [3.05, 3.63) is 64.6 Å². The molecule has 2 amide bonds. The lowest BCUT2D eigenvalue weighted by atomic mass is 10.1. The maximum Gasteiger partial charge on any atom is 0.258 e. The van der Waals surface area contributed by atoms with Crippen molar-refractivity contribution >= 4 is 11.8 Å². The summed E-state index contributed by atoms with van der Waals surface area (Å²) in [6, 6.07) is 11.6. The minimum atomic E-state index is -0.485. The van der Waals surface area contributed by atoms with Crippen LogP contribution < -0.4 is 21.1 Å². The predicted octanol–water partition coefficient (Wildman–Crippen LogP) is 0.247. The quantitative estimate of drug-likeness (QED) is 0.774. The van der Waals surface area contributed by atoms with Crippen LogP contribution in [0.5, 0.6) is 5.75 Å². The number of amides is 2. The summed E-state index contributed by atoms with van der Waals surface area (Å²) in [5, 5.41) is 0. The lowest BCUT2D eigenvalue weighted by molar-refractivity contribution is -0.128. The number of ether oxygens (including phenoxy) is 1. The van der Waals surface area contributed by atoms with Gasteiger partial charge in [-0.2, -0.15) is 0 Å². The van der Waals surface area contributed by atoms with Crippen molar-refractivity contribution in [3.63, 3.8) is 0 Å². The van der Waals surface area contributed by atoms with Gasteiger partial charge in [-0.3, -0.25) is 25.2 Å². The van der Waals surface area contributed by atoms with Gasteiger partial charge in [0.25, 0.3) is 11.5 Å². The highest BCUT2D eigenvalue weighted by Crippen LogP contribution is 2.11. The van der Waals surface area contributed by atoms with Crippen LogP contribution in [0.1, 0.15) is 5.56 Å². The number of carbonyl (C=O) groups excluding carboxylic acids is 2. The van der Waals surface area contributed by atoms with Crippen LogP contribution in [0.15, 0.2) is 53.5 Å². The van der Waals surface area contributed by atoms with Crippen molar-refractivity contribution in [1.82, 2.24) is 15.4 Å². The number of pyridine rings is 1. The molecule has 1 aromatic carbocycles. The van der Waals surface area contributed by atoms with Crippen LogP contribution in [0.4, 0.5) is 0 Å². The summed E-state index contributed by atoms with van der Waals surface area (Å²) in [6.07, 6.45) is 1.62. The number of aromatic nitrogens is 1. The fraction of sp³-hybridized carbons (Fsp3) is 0.188. The highest BCUT2D eigenvalue weighted by atomic mass is 16.5. The van der Waals surface area contributed by atoms with Gasteiger partial charge in [-0.25, -0.2) is 0 Å². The van der Waals surface area contributed by atoms with Crippen LogP contribution in [0.2, 0.25) is 0 Å². The zero-order valence-electron chi connectivity index (χ0n) is 12.6. The molecule has 1 aromatic heterocycles. The average molecular weight is 315 g/mol. The van der Waals surface area contributed by atoms with Gasteiger partial charge in [0.2, 0.25) is 5.91 Å². The zero-order chi connectivity index (χ0) is 16.7. The molecular weight excluding hydrogens is 298 g/mol. The summed E-state index contributed by atoms with van der Waals surface area (Å²) in [7, 11) is 1.56. The summed E-state index contributed by atoms with van der Waals surface area (Å²) in [5.74, 6) is -0.138. The van der Waals surface area contributed by atoms with Crippen molar-refractivity contribution in [2.24, 2.45) is 0 Å². The molecule has 2 rings (SSSR count). The number of rotatable bonds is 5. The van der Waals surface area contributed by atoms with Crippen molar-refractivity contribution in [3.8, 4) is 5.75 Å².